The molecule has 1 amide bonds. The summed E-state index contributed by atoms with van der Waals surface area (Å²) < 4.78 is 4.91. The number of ether oxygens (including phenoxy) is 1. The Bertz CT molecular complexity index is 431. The molecule has 19 heavy (non-hydrogen) atoms. The minimum absolute atomic E-state index is 0.0426. The van der Waals surface area contributed by atoms with Crippen LogP contribution in [-0.4, -0.2) is 42.2 Å². The number of rotatable bonds is 7. The summed E-state index contributed by atoms with van der Waals surface area (Å²) in [4.78, 5) is 15.7. The highest BCUT2D eigenvalue weighted by Gasteiger charge is 2.07. The number of methoxy groups -OCH3 is 1. The van der Waals surface area contributed by atoms with Crippen LogP contribution < -0.4 is 11.1 Å². The number of carbonyl (C=O) groups is 1. The summed E-state index contributed by atoms with van der Waals surface area (Å²) in [7, 11) is 1.64. The fourth-order valence-corrected chi connectivity index (χ4v) is 1.40. The van der Waals surface area contributed by atoms with Gasteiger partial charge >= 0.3 is 0 Å². The molecule has 1 rings (SSSR count). The summed E-state index contributed by atoms with van der Waals surface area (Å²) in [5.74, 6) is -0.289. The number of hydrogen-bond donors (Lipinski definition) is 3. The Kier molecular flexibility index (Phi) is 6.31. The van der Waals surface area contributed by atoms with Gasteiger partial charge in [-0.2, -0.15) is 0 Å². The number of carbonyl (C=O) groups excluding carboxylic acids is 1. The van der Waals surface area contributed by atoms with E-state index >= 15 is 0 Å². The van der Waals surface area contributed by atoms with E-state index in [1.807, 2.05) is 0 Å². The maximum absolute atomic E-state index is 11.7. The first-order valence-corrected chi connectivity index (χ1v) is 5.90. The van der Waals surface area contributed by atoms with Crippen LogP contribution in [-0.2, 0) is 4.74 Å². The van der Waals surface area contributed by atoms with Crippen molar-refractivity contribution in [3.05, 3.63) is 29.6 Å². The van der Waals surface area contributed by atoms with E-state index in [1.165, 1.54) is 12.3 Å². The van der Waals surface area contributed by atoms with Crippen LogP contribution >= 0.6 is 0 Å². The van der Waals surface area contributed by atoms with Gasteiger partial charge in [0.2, 0.25) is 0 Å². The Morgan fingerprint density at radius 2 is 2.32 bits per heavy atom. The third-order valence-electron chi connectivity index (χ3n) is 2.46. The van der Waals surface area contributed by atoms with Gasteiger partial charge in [-0.15, -0.1) is 0 Å². The van der Waals surface area contributed by atoms with E-state index in [4.69, 9.17) is 15.7 Å². The van der Waals surface area contributed by atoms with E-state index < -0.39 is 0 Å². The summed E-state index contributed by atoms with van der Waals surface area (Å²) in [6, 6.07) is 3.10. The fourth-order valence-electron chi connectivity index (χ4n) is 1.40. The SMILES string of the molecule is COCCCCNC(=O)c1ccc(C(N)=NO)cn1. The lowest BCUT2D eigenvalue weighted by Gasteiger charge is -2.05. The summed E-state index contributed by atoms with van der Waals surface area (Å²) in [6.07, 6.45) is 3.13. The molecule has 4 N–H and O–H groups in total. The Hall–Kier alpha value is -2.15. The van der Waals surface area contributed by atoms with Crippen LogP contribution in [0.4, 0.5) is 0 Å². The van der Waals surface area contributed by atoms with E-state index in [-0.39, 0.29) is 11.7 Å². The fraction of sp³-hybridized carbons (Fsp3) is 0.417. The van der Waals surface area contributed by atoms with Gasteiger partial charge in [0.1, 0.15) is 5.69 Å². The second kappa shape index (κ2) is 8.04. The van der Waals surface area contributed by atoms with E-state index in [9.17, 15) is 4.79 Å². The summed E-state index contributed by atoms with van der Waals surface area (Å²) in [5, 5.41) is 14.1. The van der Waals surface area contributed by atoms with Crippen LogP contribution in [0.3, 0.4) is 0 Å². The van der Waals surface area contributed by atoms with Crippen molar-refractivity contribution in [2.45, 2.75) is 12.8 Å². The third-order valence-corrected chi connectivity index (χ3v) is 2.46. The highest BCUT2D eigenvalue weighted by atomic mass is 16.5. The number of nitrogens with zero attached hydrogens (tertiary/aromatic N) is 2. The number of aromatic nitrogens is 1. The molecule has 0 aliphatic rings. The Labute approximate surface area is 111 Å². The molecule has 0 radical (unpaired) electrons. The number of hydrogen-bond acceptors (Lipinski definition) is 5. The van der Waals surface area contributed by atoms with Gasteiger partial charge in [-0.3, -0.25) is 9.78 Å². The van der Waals surface area contributed by atoms with Crippen LogP contribution in [0.1, 0.15) is 28.9 Å². The average Bonchev–Trinajstić information content (AvgIpc) is 2.46. The Morgan fingerprint density at radius 3 is 2.89 bits per heavy atom. The van der Waals surface area contributed by atoms with Crippen molar-refractivity contribution in [1.82, 2.24) is 10.3 Å². The second-order valence-corrected chi connectivity index (χ2v) is 3.87. The van der Waals surface area contributed by atoms with E-state index in [1.54, 1.807) is 13.2 Å². The second-order valence-electron chi connectivity index (χ2n) is 3.87. The largest absolute Gasteiger partial charge is 0.409 e. The first-order chi connectivity index (χ1) is 9.19. The predicted octanol–water partition coefficient (Wildman–Crippen LogP) is 0.333. The van der Waals surface area contributed by atoms with Crippen molar-refractivity contribution in [1.29, 1.82) is 0 Å². The minimum Gasteiger partial charge on any atom is -0.409 e. The van der Waals surface area contributed by atoms with Gasteiger partial charge in [-0.25, -0.2) is 0 Å². The van der Waals surface area contributed by atoms with Crippen molar-refractivity contribution >= 4 is 11.7 Å². The summed E-state index contributed by atoms with van der Waals surface area (Å²) in [5.41, 5.74) is 6.15. The first-order valence-electron chi connectivity index (χ1n) is 5.90. The number of amidine groups is 1. The zero-order valence-corrected chi connectivity index (χ0v) is 10.8. The number of nitrogens with one attached hydrogen (secondary N) is 1. The number of unbranched alkanes of at least 4 members (excludes halogenated alkanes) is 1. The monoisotopic (exact) mass is 266 g/mol. The molecule has 1 heterocycles. The molecule has 0 bridgehead atoms. The summed E-state index contributed by atoms with van der Waals surface area (Å²) >= 11 is 0. The zero-order valence-electron chi connectivity index (χ0n) is 10.8. The highest BCUT2D eigenvalue weighted by molar-refractivity contribution is 5.98. The standard InChI is InChI=1S/C12H18N4O3/c1-19-7-3-2-6-14-12(17)10-5-4-9(8-15-10)11(13)16-18/h4-5,8,18H,2-3,6-7H2,1H3,(H2,13,16)(H,14,17). The van der Waals surface area contributed by atoms with Gasteiger partial charge in [0.25, 0.3) is 5.91 Å². The van der Waals surface area contributed by atoms with Crippen molar-refractivity contribution < 1.29 is 14.7 Å². The minimum atomic E-state index is -0.247. The molecule has 104 valence electrons. The van der Waals surface area contributed by atoms with Gasteiger partial charge < -0.3 is 21.0 Å². The lowest BCUT2D eigenvalue weighted by Crippen LogP contribution is -2.25. The first kappa shape index (κ1) is 14.9. The van der Waals surface area contributed by atoms with Crippen molar-refractivity contribution in [3.63, 3.8) is 0 Å². The molecule has 0 saturated heterocycles. The normalized spacial score (nSPS) is 11.3. The highest BCUT2D eigenvalue weighted by Crippen LogP contribution is 2.00. The number of nitrogens with two attached hydrogens (primary N) is 1. The molecule has 0 saturated carbocycles. The summed E-state index contributed by atoms with van der Waals surface area (Å²) in [6.45, 7) is 1.26. The van der Waals surface area contributed by atoms with Gasteiger partial charge in [0.15, 0.2) is 5.84 Å². The average molecular weight is 266 g/mol. The van der Waals surface area contributed by atoms with Gasteiger partial charge in [-0.05, 0) is 25.0 Å². The van der Waals surface area contributed by atoms with Crippen LogP contribution in [0.2, 0.25) is 0 Å². The number of pyridine rings is 1. The molecular weight excluding hydrogens is 248 g/mol. The van der Waals surface area contributed by atoms with Gasteiger partial charge in [0, 0.05) is 32.0 Å². The quantitative estimate of drug-likeness (QED) is 0.217. The van der Waals surface area contributed by atoms with Gasteiger partial charge in [-0.1, -0.05) is 5.16 Å². The lowest BCUT2D eigenvalue weighted by atomic mass is 10.2. The van der Waals surface area contributed by atoms with E-state index in [0.29, 0.717) is 24.4 Å². The molecular formula is C12H18N4O3. The van der Waals surface area contributed by atoms with Crippen LogP contribution in [0.15, 0.2) is 23.5 Å². The molecule has 0 aliphatic carbocycles. The molecule has 1 aromatic rings. The predicted molar refractivity (Wildman–Crippen MR) is 70.2 cm³/mol. The van der Waals surface area contributed by atoms with Crippen molar-refractivity contribution in [2.24, 2.45) is 10.9 Å². The molecule has 0 atom stereocenters. The van der Waals surface area contributed by atoms with Crippen LogP contribution in [0.25, 0.3) is 0 Å². The topological polar surface area (TPSA) is 110 Å². The maximum Gasteiger partial charge on any atom is 0.269 e. The van der Waals surface area contributed by atoms with Crippen LogP contribution in [0.5, 0.6) is 0 Å². The number of oxime groups is 1. The van der Waals surface area contributed by atoms with E-state index in [0.717, 1.165) is 12.8 Å². The molecule has 7 nitrogen and oxygen atoms in total. The third kappa shape index (κ3) is 4.92. The molecule has 0 fully saturated rings. The molecule has 1 aromatic heterocycles. The number of amides is 1. The molecule has 0 aliphatic heterocycles. The van der Waals surface area contributed by atoms with Crippen molar-refractivity contribution in [3.8, 4) is 0 Å². The lowest BCUT2D eigenvalue weighted by molar-refractivity contribution is 0.0946. The Morgan fingerprint density at radius 1 is 1.53 bits per heavy atom. The van der Waals surface area contributed by atoms with Crippen LogP contribution in [0, 0.1) is 0 Å². The molecule has 0 aromatic carbocycles. The van der Waals surface area contributed by atoms with Gasteiger partial charge in [0.05, 0.1) is 0 Å². The smallest absolute Gasteiger partial charge is 0.269 e. The maximum atomic E-state index is 11.7. The molecule has 0 spiro atoms. The Balaban J connectivity index is 2.45. The molecule has 0 unspecified atom stereocenters. The van der Waals surface area contributed by atoms with Crippen molar-refractivity contribution in [2.75, 3.05) is 20.3 Å². The van der Waals surface area contributed by atoms with E-state index in [2.05, 4.69) is 15.5 Å². The molecule has 7 heteroatoms. The zero-order chi connectivity index (χ0) is 14.1.